The molecular weight excluding hydrogens is 732 g/mol. The first kappa shape index (κ1) is 46.8. The molecule has 56 heavy (non-hydrogen) atoms. The Morgan fingerprint density at radius 2 is 0.929 bits per heavy atom. The van der Waals surface area contributed by atoms with E-state index in [0.717, 1.165) is 22.3 Å². The molecule has 300 valence electrons. The smallest absolute Gasteiger partial charge is 0.410 e. The van der Waals surface area contributed by atoms with Gasteiger partial charge in [0.05, 0.1) is 23.9 Å². The van der Waals surface area contributed by atoms with Crippen LogP contribution in [-0.4, -0.2) is 76.5 Å². The van der Waals surface area contributed by atoms with Gasteiger partial charge in [-0.3, -0.25) is 19.2 Å². The van der Waals surface area contributed by atoms with Crippen LogP contribution in [0.5, 0.6) is 0 Å². The summed E-state index contributed by atoms with van der Waals surface area (Å²) in [4.78, 5) is 63.1. The normalized spacial score (nSPS) is 12.9. The monoisotopic (exact) mass is 786 g/mol. The second-order valence-corrected chi connectivity index (χ2v) is 14.6. The highest BCUT2D eigenvalue weighted by Gasteiger charge is 2.33. The van der Waals surface area contributed by atoms with Crippen LogP contribution in [-0.2, 0) is 49.6 Å². The van der Waals surface area contributed by atoms with Crippen molar-refractivity contribution in [2.24, 2.45) is 11.8 Å². The fourth-order valence-electron chi connectivity index (χ4n) is 6.05. The Labute approximate surface area is 336 Å². The predicted octanol–water partition coefficient (Wildman–Crippen LogP) is 7.51. The number of hydrogen-bond acceptors (Lipinski definition) is 7. The van der Waals surface area contributed by atoms with E-state index in [9.17, 15) is 34.2 Å². The summed E-state index contributed by atoms with van der Waals surface area (Å²) < 4.78 is 5.43. The number of carbonyl (C=O) groups excluding carboxylic acids is 3. The van der Waals surface area contributed by atoms with Crippen molar-refractivity contribution >= 4 is 42.0 Å². The third-order valence-electron chi connectivity index (χ3n) is 9.06. The van der Waals surface area contributed by atoms with E-state index in [1.165, 1.54) is 11.9 Å². The molecule has 0 aliphatic rings. The number of nitrogens with zero attached hydrogens (tertiary/aromatic N) is 1. The highest BCUT2D eigenvalue weighted by molar-refractivity contribution is 5.90. The summed E-state index contributed by atoms with van der Waals surface area (Å²) in [6.07, 6.45) is 0.703. The molecule has 4 rings (SSSR count). The number of ether oxygens (including phenoxy) is 1. The average Bonchev–Trinajstić information content (AvgIpc) is 3.16. The first-order chi connectivity index (χ1) is 26.2. The fourth-order valence-corrected chi connectivity index (χ4v) is 6.05. The zero-order valence-electron chi connectivity index (χ0n) is 32.8. The van der Waals surface area contributed by atoms with Crippen LogP contribution in [0, 0.1) is 11.8 Å². The zero-order valence-corrected chi connectivity index (χ0v) is 33.6. The third-order valence-corrected chi connectivity index (χ3v) is 9.06. The SMILES string of the molecule is CN(C(=O)OC(C)(C)C)[C@@H](Cc1ccccc1)C(=O)C[C@@H](Cc1ccccc1)C(=O)O.CN[C@@H](Cc1ccccc1)C(=O)C[C@@H](Cc1ccccc1)C(=O)O.Cl. The fraction of sp³-hybridized carbons (Fsp3) is 0.356. The quantitative estimate of drug-likeness (QED) is 0.0932. The van der Waals surface area contributed by atoms with Crippen molar-refractivity contribution in [1.82, 2.24) is 10.2 Å². The number of aliphatic carboxylic acids is 2. The number of rotatable bonds is 18. The highest BCUT2D eigenvalue weighted by Crippen LogP contribution is 2.20. The molecule has 4 atom stereocenters. The topological polar surface area (TPSA) is 150 Å². The van der Waals surface area contributed by atoms with Crippen LogP contribution in [0.1, 0.15) is 55.9 Å². The second-order valence-electron chi connectivity index (χ2n) is 14.6. The number of ketones is 2. The van der Waals surface area contributed by atoms with Gasteiger partial charge in [-0.05, 0) is 69.3 Å². The zero-order chi connectivity index (χ0) is 40.4. The van der Waals surface area contributed by atoms with Crippen LogP contribution in [0.3, 0.4) is 0 Å². The lowest BCUT2D eigenvalue weighted by atomic mass is 9.90. The van der Waals surface area contributed by atoms with Gasteiger partial charge in [-0.25, -0.2) is 4.79 Å². The van der Waals surface area contributed by atoms with Gasteiger partial charge in [0.2, 0.25) is 0 Å². The molecular formula is C45H55ClN2O8. The number of Topliss-reactive ketones (excluding diaryl/α,β-unsaturated/α-hetero) is 2. The minimum atomic E-state index is -1.03. The maximum Gasteiger partial charge on any atom is 0.410 e. The van der Waals surface area contributed by atoms with Crippen LogP contribution in [0.4, 0.5) is 4.79 Å². The summed E-state index contributed by atoms with van der Waals surface area (Å²) in [6, 6.07) is 36.5. The van der Waals surface area contributed by atoms with Gasteiger partial charge < -0.3 is 25.2 Å². The van der Waals surface area contributed by atoms with Crippen LogP contribution in [0.25, 0.3) is 0 Å². The van der Waals surface area contributed by atoms with Crippen molar-refractivity contribution in [3.63, 3.8) is 0 Å². The molecule has 0 heterocycles. The molecule has 10 nitrogen and oxygen atoms in total. The van der Waals surface area contributed by atoms with E-state index in [0.29, 0.717) is 12.8 Å². The molecule has 1 amide bonds. The molecule has 0 aliphatic carbocycles. The van der Waals surface area contributed by atoms with Crippen molar-refractivity contribution in [3.8, 4) is 0 Å². The Hall–Kier alpha value is -5.32. The number of hydrogen-bond donors (Lipinski definition) is 3. The van der Waals surface area contributed by atoms with E-state index in [-0.39, 0.29) is 55.7 Å². The average molecular weight is 787 g/mol. The Morgan fingerprint density at radius 3 is 1.27 bits per heavy atom. The predicted molar refractivity (Wildman–Crippen MR) is 220 cm³/mol. The second kappa shape index (κ2) is 23.6. The molecule has 0 radical (unpaired) electrons. The van der Waals surface area contributed by atoms with Crippen molar-refractivity contribution in [2.75, 3.05) is 14.1 Å². The number of amides is 1. The van der Waals surface area contributed by atoms with Crippen LogP contribution in [0.2, 0.25) is 0 Å². The lowest BCUT2D eigenvalue weighted by Crippen LogP contribution is -2.46. The Bertz CT molecular complexity index is 1800. The van der Waals surface area contributed by atoms with Gasteiger partial charge in [0.15, 0.2) is 11.6 Å². The summed E-state index contributed by atoms with van der Waals surface area (Å²) >= 11 is 0. The number of carboxylic acids is 2. The Balaban J connectivity index is 0.000000392. The van der Waals surface area contributed by atoms with Crippen LogP contribution in [0.15, 0.2) is 121 Å². The van der Waals surface area contributed by atoms with Gasteiger partial charge in [-0.1, -0.05) is 121 Å². The third kappa shape index (κ3) is 16.6. The molecule has 0 fully saturated rings. The maximum absolute atomic E-state index is 13.3. The molecule has 0 aliphatic heterocycles. The Morgan fingerprint density at radius 1 is 0.589 bits per heavy atom. The highest BCUT2D eigenvalue weighted by atomic mass is 35.5. The molecule has 0 aromatic heterocycles. The minimum Gasteiger partial charge on any atom is -0.481 e. The summed E-state index contributed by atoms with van der Waals surface area (Å²) in [6.45, 7) is 5.27. The van der Waals surface area contributed by atoms with Gasteiger partial charge in [-0.2, -0.15) is 0 Å². The number of carbonyl (C=O) groups is 5. The van der Waals surface area contributed by atoms with Gasteiger partial charge in [0.25, 0.3) is 0 Å². The summed E-state index contributed by atoms with van der Waals surface area (Å²) in [7, 11) is 3.25. The number of likely N-dealkylation sites (N-methyl/N-ethyl adjacent to an activating group) is 2. The van der Waals surface area contributed by atoms with Gasteiger partial charge >= 0.3 is 18.0 Å². The van der Waals surface area contributed by atoms with E-state index in [4.69, 9.17) is 4.74 Å². The lowest BCUT2D eigenvalue weighted by molar-refractivity contribution is -0.144. The molecule has 3 N–H and O–H groups in total. The van der Waals surface area contributed by atoms with E-state index in [1.807, 2.05) is 121 Å². The summed E-state index contributed by atoms with van der Waals surface area (Å²) in [5.41, 5.74) is 3.01. The van der Waals surface area contributed by atoms with Crippen molar-refractivity contribution in [2.45, 2.75) is 77.0 Å². The molecule has 0 saturated heterocycles. The van der Waals surface area contributed by atoms with Gasteiger partial charge in [0, 0.05) is 26.3 Å². The number of carboxylic acid groups (broad SMARTS) is 2. The maximum atomic E-state index is 13.3. The standard InChI is InChI=1S/C25H31NO5.C20H23NO3.ClH/c1-25(2,3)31-24(30)26(4)21(16-19-13-9-6-10-14-19)22(27)17-20(23(28)29)15-18-11-7-5-8-12-18;1-21-18(13-16-10-6-3-7-11-16)19(22)14-17(20(23)24)12-15-8-4-2-5-9-15;/h5-14,20-21H,15-17H2,1-4H3,(H,28,29);2-11,17-18,21H,12-14H2,1H3,(H,23,24);1H/t20-,21+;17-,18+;/m11./s1. The lowest BCUT2D eigenvalue weighted by Gasteiger charge is -2.30. The first-order valence-electron chi connectivity index (χ1n) is 18.5. The molecule has 4 aromatic rings. The van der Waals surface area contributed by atoms with E-state index >= 15 is 0 Å². The molecule has 0 saturated carbocycles. The minimum absolute atomic E-state index is 0. The molecule has 0 spiro atoms. The molecule has 0 unspecified atom stereocenters. The van der Waals surface area contributed by atoms with E-state index < -0.39 is 41.5 Å². The van der Waals surface area contributed by atoms with E-state index in [2.05, 4.69) is 5.32 Å². The van der Waals surface area contributed by atoms with Gasteiger partial charge in [0.1, 0.15) is 5.60 Å². The summed E-state index contributed by atoms with van der Waals surface area (Å²) in [5, 5.41) is 22.2. The number of halogens is 1. The van der Waals surface area contributed by atoms with Crippen LogP contribution < -0.4 is 5.32 Å². The molecule has 4 aromatic carbocycles. The van der Waals surface area contributed by atoms with E-state index in [1.54, 1.807) is 27.8 Å². The van der Waals surface area contributed by atoms with Crippen molar-refractivity contribution in [3.05, 3.63) is 144 Å². The molecule has 0 bridgehead atoms. The van der Waals surface area contributed by atoms with Gasteiger partial charge in [-0.15, -0.1) is 12.4 Å². The summed E-state index contributed by atoms with van der Waals surface area (Å²) in [5.74, 6) is -3.91. The number of nitrogens with one attached hydrogen (secondary N) is 1. The number of benzene rings is 4. The van der Waals surface area contributed by atoms with Crippen molar-refractivity contribution < 1.29 is 38.9 Å². The Kier molecular flexibility index (Phi) is 19.7. The first-order valence-corrected chi connectivity index (χ1v) is 18.5. The van der Waals surface area contributed by atoms with Crippen LogP contribution >= 0.6 is 12.4 Å². The molecule has 11 heteroatoms. The largest absolute Gasteiger partial charge is 0.481 e. The van der Waals surface area contributed by atoms with Crippen molar-refractivity contribution in [1.29, 1.82) is 0 Å².